The van der Waals surface area contributed by atoms with Gasteiger partial charge in [0.25, 0.3) is 5.91 Å². The highest BCUT2D eigenvalue weighted by Gasteiger charge is 2.36. The highest BCUT2D eigenvalue weighted by molar-refractivity contribution is 6.00. The minimum Gasteiger partial charge on any atom is -0.459 e. The molecule has 3 heterocycles. The number of carbonyl (C=O) groups excluding carboxylic acids is 2. The van der Waals surface area contributed by atoms with Crippen LogP contribution >= 0.6 is 0 Å². The molecule has 0 saturated heterocycles. The van der Waals surface area contributed by atoms with Crippen molar-refractivity contribution in [2.75, 3.05) is 12.1 Å². The second-order valence-corrected chi connectivity index (χ2v) is 6.96. The summed E-state index contributed by atoms with van der Waals surface area (Å²) in [6.45, 7) is 0.506. The molecule has 1 atom stereocenters. The van der Waals surface area contributed by atoms with Crippen molar-refractivity contribution in [1.82, 2.24) is 4.90 Å². The maximum absolute atomic E-state index is 13.2. The summed E-state index contributed by atoms with van der Waals surface area (Å²) in [6.07, 6.45) is 1.88. The first-order valence-corrected chi connectivity index (χ1v) is 9.31. The van der Waals surface area contributed by atoms with E-state index < -0.39 is 6.04 Å². The lowest BCUT2D eigenvalue weighted by molar-refractivity contribution is -0.121. The van der Waals surface area contributed by atoms with Gasteiger partial charge in [-0.2, -0.15) is 0 Å². The zero-order valence-corrected chi connectivity index (χ0v) is 15.5. The molecule has 2 amide bonds. The van der Waals surface area contributed by atoms with Crippen LogP contribution in [0.3, 0.4) is 0 Å². The van der Waals surface area contributed by atoms with Crippen molar-refractivity contribution in [3.05, 3.63) is 77.7 Å². The molecule has 1 unspecified atom stereocenters. The number of anilines is 1. The average Bonchev–Trinajstić information content (AvgIpc) is 3.44. The third kappa shape index (κ3) is 3.20. The van der Waals surface area contributed by atoms with Crippen LogP contribution in [0.2, 0.25) is 0 Å². The standard InChI is InChI=1S/C22H18N2O5/c25-21(23-16-7-8-18-20(11-16)29-13-28-18)17-10-14-4-1-2-5-15(14)12-24(17)22(26)19-6-3-9-27-19/h1-9,11,17H,10,12-13H2,(H,23,25). The molecule has 0 saturated carbocycles. The Morgan fingerprint density at radius 2 is 1.79 bits per heavy atom. The van der Waals surface area contributed by atoms with Crippen molar-refractivity contribution < 1.29 is 23.5 Å². The van der Waals surface area contributed by atoms with Crippen LogP contribution < -0.4 is 14.8 Å². The van der Waals surface area contributed by atoms with Gasteiger partial charge in [0.05, 0.1) is 6.26 Å². The number of benzene rings is 2. The summed E-state index contributed by atoms with van der Waals surface area (Å²) in [5.74, 6) is 0.864. The fourth-order valence-electron chi connectivity index (χ4n) is 3.71. The highest BCUT2D eigenvalue weighted by Crippen LogP contribution is 2.34. The quantitative estimate of drug-likeness (QED) is 0.743. The molecule has 7 nitrogen and oxygen atoms in total. The Bertz CT molecular complexity index is 1080. The number of nitrogens with zero attached hydrogens (tertiary/aromatic N) is 1. The van der Waals surface area contributed by atoms with Crippen LogP contribution in [0.5, 0.6) is 11.5 Å². The Kier molecular flexibility index (Phi) is 4.20. The van der Waals surface area contributed by atoms with Gasteiger partial charge in [-0.1, -0.05) is 24.3 Å². The van der Waals surface area contributed by atoms with Crippen LogP contribution in [-0.4, -0.2) is 29.5 Å². The molecule has 5 rings (SSSR count). The van der Waals surface area contributed by atoms with Crippen molar-refractivity contribution in [3.8, 4) is 11.5 Å². The summed E-state index contributed by atoms with van der Waals surface area (Å²) in [5, 5.41) is 2.90. The molecule has 0 fully saturated rings. The smallest absolute Gasteiger partial charge is 0.290 e. The van der Waals surface area contributed by atoms with Crippen molar-refractivity contribution in [2.24, 2.45) is 0 Å². The van der Waals surface area contributed by atoms with Gasteiger partial charge in [-0.3, -0.25) is 9.59 Å². The van der Waals surface area contributed by atoms with Gasteiger partial charge in [-0.15, -0.1) is 0 Å². The summed E-state index contributed by atoms with van der Waals surface area (Å²) >= 11 is 0. The van der Waals surface area contributed by atoms with Gasteiger partial charge in [0, 0.05) is 24.7 Å². The number of carbonyl (C=O) groups is 2. The van der Waals surface area contributed by atoms with Gasteiger partial charge in [0.1, 0.15) is 6.04 Å². The van der Waals surface area contributed by atoms with Gasteiger partial charge in [-0.25, -0.2) is 0 Å². The highest BCUT2D eigenvalue weighted by atomic mass is 16.7. The van der Waals surface area contributed by atoms with Crippen molar-refractivity contribution in [1.29, 1.82) is 0 Å². The molecule has 146 valence electrons. The molecule has 0 spiro atoms. The molecule has 2 aromatic carbocycles. The molecule has 0 bridgehead atoms. The first-order chi connectivity index (χ1) is 14.2. The lowest BCUT2D eigenvalue weighted by Crippen LogP contribution is -2.50. The molecular weight excluding hydrogens is 372 g/mol. The largest absolute Gasteiger partial charge is 0.459 e. The monoisotopic (exact) mass is 390 g/mol. The number of rotatable bonds is 3. The molecule has 1 N–H and O–H groups in total. The topological polar surface area (TPSA) is 81.0 Å². The van der Waals surface area contributed by atoms with E-state index in [4.69, 9.17) is 13.9 Å². The molecule has 7 heteroatoms. The Morgan fingerprint density at radius 3 is 2.62 bits per heavy atom. The molecule has 0 radical (unpaired) electrons. The molecule has 0 aliphatic carbocycles. The fraction of sp³-hybridized carbons (Fsp3) is 0.182. The van der Waals surface area contributed by atoms with Gasteiger partial charge < -0.3 is 24.1 Å². The van der Waals surface area contributed by atoms with Crippen LogP contribution in [0.25, 0.3) is 0 Å². The molecule has 2 aliphatic rings. The Balaban J connectivity index is 1.43. The Hall–Kier alpha value is -3.74. The van der Waals surface area contributed by atoms with E-state index in [1.165, 1.54) is 6.26 Å². The summed E-state index contributed by atoms with van der Waals surface area (Å²) in [5.41, 5.74) is 2.67. The van der Waals surface area contributed by atoms with Gasteiger partial charge in [0.2, 0.25) is 12.7 Å². The first kappa shape index (κ1) is 17.4. The van der Waals surface area contributed by atoms with Crippen LogP contribution in [0.15, 0.2) is 65.3 Å². The number of fused-ring (bicyclic) bond motifs is 2. The van der Waals surface area contributed by atoms with Crippen molar-refractivity contribution in [2.45, 2.75) is 19.0 Å². The van der Waals surface area contributed by atoms with Gasteiger partial charge in [0.15, 0.2) is 17.3 Å². The third-order valence-corrected chi connectivity index (χ3v) is 5.18. The molecule has 3 aromatic rings. The van der Waals surface area contributed by atoms with E-state index in [1.54, 1.807) is 35.2 Å². The van der Waals surface area contributed by atoms with E-state index in [2.05, 4.69) is 5.32 Å². The lowest BCUT2D eigenvalue weighted by atomic mass is 9.93. The second-order valence-electron chi connectivity index (χ2n) is 6.96. The van der Waals surface area contributed by atoms with Crippen molar-refractivity contribution in [3.63, 3.8) is 0 Å². The summed E-state index contributed by atoms with van der Waals surface area (Å²) in [6, 6.07) is 15.7. The summed E-state index contributed by atoms with van der Waals surface area (Å²) in [7, 11) is 0. The van der Waals surface area contributed by atoms with E-state index in [-0.39, 0.29) is 24.4 Å². The van der Waals surface area contributed by atoms with E-state index in [9.17, 15) is 9.59 Å². The fourth-order valence-corrected chi connectivity index (χ4v) is 3.71. The lowest BCUT2D eigenvalue weighted by Gasteiger charge is -2.35. The molecule has 29 heavy (non-hydrogen) atoms. The van der Waals surface area contributed by atoms with Crippen LogP contribution in [0.1, 0.15) is 21.7 Å². The van der Waals surface area contributed by atoms with E-state index in [0.717, 1.165) is 11.1 Å². The molecule has 1 aromatic heterocycles. The van der Waals surface area contributed by atoms with E-state index in [0.29, 0.717) is 30.2 Å². The average molecular weight is 390 g/mol. The van der Waals surface area contributed by atoms with Gasteiger partial charge >= 0.3 is 0 Å². The minimum atomic E-state index is -0.659. The van der Waals surface area contributed by atoms with Crippen LogP contribution in [0, 0.1) is 0 Å². The number of hydrogen-bond acceptors (Lipinski definition) is 5. The number of nitrogens with one attached hydrogen (secondary N) is 1. The van der Waals surface area contributed by atoms with E-state index in [1.807, 2.05) is 24.3 Å². The minimum absolute atomic E-state index is 0.164. The first-order valence-electron chi connectivity index (χ1n) is 9.31. The predicted molar refractivity (Wildman–Crippen MR) is 104 cm³/mol. The van der Waals surface area contributed by atoms with Crippen molar-refractivity contribution >= 4 is 17.5 Å². The number of hydrogen-bond donors (Lipinski definition) is 1. The summed E-state index contributed by atoms with van der Waals surface area (Å²) in [4.78, 5) is 27.7. The maximum atomic E-state index is 13.2. The predicted octanol–water partition coefficient (Wildman–Crippen LogP) is 3.21. The maximum Gasteiger partial charge on any atom is 0.290 e. The Morgan fingerprint density at radius 1 is 0.966 bits per heavy atom. The normalized spacial score (nSPS) is 17.0. The number of furan rings is 1. The zero-order chi connectivity index (χ0) is 19.8. The number of ether oxygens (including phenoxy) is 2. The molecular formula is C22H18N2O5. The van der Waals surface area contributed by atoms with Crippen LogP contribution in [0.4, 0.5) is 5.69 Å². The zero-order valence-electron chi connectivity index (χ0n) is 15.5. The molecule has 2 aliphatic heterocycles. The third-order valence-electron chi connectivity index (χ3n) is 5.18. The Labute approximate surface area is 166 Å². The summed E-state index contributed by atoms with van der Waals surface area (Å²) < 4.78 is 16.0. The van der Waals surface area contributed by atoms with E-state index >= 15 is 0 Å². The van der Waals surface area contributed by atoms with Gasteiger partial charge in [-0.05, 0) is 35.4 Å². The van der Waals surface area contributed by atoms with Crippen LogP contribution in [-0.2, 0) is 17.8 Å². The second kappa shape index (κ2) is 7.01. The number of amides is 2. The SMILES string of the molecule is O=C(Nc1ccc2c(c1)OCO2)C1Cc2ccccc2CN1C(=O)c1ccco1.